The van der Waals surface area contributed by atoms with Crippen molar-refractivity contribution in [2.24, 2.45) is 0 Å². The lowest BCUT2D eigenvalue weighted by atomic mass is 9.79. The molecule has 3 aromatic rings. The van der Waals surface area contributed by atoms with Crippen LogP contribution in [-0.4, -0.2) is 42.6 Å². The number of rotatable bonds is 8. The minimum Gasteiger partial charge on any atom is -0.482 e. The van der Waals surface area contributed by atoms with Crippen LogP contribution in [0.5, 0.6) is 5.75 Å². The third kappa shape index (κ3) is 5.49. The molecule has 0 radical (unpaired) electrons. The monoisotopic (exact) mass is 493 g/mol. The zero-order valence-electron chi connectivity index (χ0n) is 19.9. The summed E-state index contributed by atoms with van der Waals surface area (Å²) in [6.07, 6.45) is -2.26. The molecule has 4 rings (SSSR count). The molecule has 1 aliphatic rings. The smallest absolute Gasteiger partial charge is 0.419 e. The summed E-state index contributed by atoms with van der Waals surface area (Å²) in [5.41, 5.74) is 0.0518. The number of ether oxygens (including phenoxy) is 3. The number of alkyl halides is 1. The summed E-state index contributed by atoms with van der Waals surface area (Å²) in [5, 5.41) is 11.2. The van der Waals surface area contributed by atoms with Gasteiger partial charge in [-0.05, 0) is 55.7 Å². The van der Waals surface area contributed by atoms with Gasteiger partial charge in [0.1, 0.15) is 18.0 Å². The van der Waals surface area contributed by atoms with Crippen LogP contribution in [0.15, 0.2) is 78.9 Å². The summed E-state index contributed by atoms with van der Waals surface area (Å²) in [4.78, 5) is 26.2. The quantitative estimate of drug-likeness (QED) is 0.429. The number of hydrogen-bond donors (Lipinski definition) is 1. The van der Waals surface area contributed by atoms with Crippen molar-refractivity contribution in [3.63, 3.8) is 0 Å². The highest BCUT2D eigenvalue weighted by atomic mass is 19.1. The predicted octanol–water partition coefficient (Wildman–Crippen LogP) is 5.29. The van der Waals surface area contributed by atoms with Gasteiger partial charge in [0, 0.05) is 5.56 Å². The molecule has 0 fully saturated rings. The number of nitrogens with zero attached hydrogens (tertiary/aromatic N) is 1. The fourth-order valence-electron chi connectivity index (χ4n) is 4.23. The normalized spacial score (nSPS) is 18.6. The fraction of sp³-hybridized carbons (Fsp3) is 0.286. The molecule has 0 spiro atoms. The topological polar surface area (TPSA) is 85.3 Å². The number of benzene rings is 3. The molecule has 0 saturated heterocycles. The molecule has 1 amide bonds. The number of carbonyl (C=O) groups is 2. The first-order chi connectivity index (χ1) is 17.4. The van der Waals surface area contributed by atoms with Gasteiger partial charge < -0.3 is 19.3 Å². The van der Waals surface area contributed by atoms with Crippen molar-refractivity contribution in [2.45, 2.75) is 31.5 Å². The second kappa shape index (κ2) is 11.2. The number of para-hydroxylation sites is 2. The van der Waals surface area contributed by atoms with Crippen molar-refractivity contribution >= 4 is 23.4 Å². The van der Waals surface area contributed by atoms with Crippen molar-refractivity contribution in [1.29, 1.82) is 0 Å². The van der Waals surface area contributed by atoms with Gasteiger partial charge in [-0.1, -0.05) is 48.5 Å². The van der Waals surface area contributed by atoms with Gasteiger partial charge >= 0.3 is 12.1 Å². The third-order valence-electron chi connectivity index (χ3n) is 6.03. The van der Waals surface area contributed by atoms with E-state index in [1.54, 1.807) is 73.7 Å². The van der Waals surface area contributed by atoms with Crippen LogP contribution in [0, 0.1) is 0 Å². The molecule has 2 unspecified atom stereocenters. The Hall–Kier alpha value is -3.91. The van der Waals surface area contributed by atoms with Gasteiger partial charge in [-0.2, -0.15) is 0 Å². The predicted molar refractivity (Wildman–Crippen MR) is 132 cm³/mol. The SMILES string of the molecule is CCOC(=O)COc1cccc2c1CCC(O)(COC(=O)N(c1ccccc1)c1ccccc1)C2F. The Balaban J connectivity index is 1.49. The molecule has 3 aromatic carbocycles. The summed E-state index contributed by atoms with van der Waals surface area (Å²) in [7, 11) is 0. The highest BCUT2D eigenvalue weighted by molar-refractivity contribution is 5.95. The summed E-state index contributed by atoms with van der Waals surface area (Å²) in [6, 6.07) is 22.7. The maximum atomic E-state index is 15.6. The number of anilines is 2. The second-order valence-electron chi connectivity index (χ2n) is 8.44. The van der Waals surface area contributed by atoms with Crippen molar-refractivity contribution in [2.75, 3.05) is 24.7 Å². The Kier molecular flexibility index (Phi) is 7.85. The standard InChI is InChI=1S/C28H28FNO6/c1-2-34-25(31)18-35-24-15-9-14-23-22(24)16-17-28(33,26(23)29)19-36-27(32)30(20-10-5-3-6-11-20)21-12-7-4-8-13-21/h3-15,26,33H,2,16-19H2,1H3. The number of hydrogen-bond acceptors (Lipinski definition) is 6. The molecule has 7 nitrogen and oxygen atoms in total. The average Bonchev–Trinajstić information content (AvgIpc) is 2.90. The lowest BCUT2D eigenvalue weighted by molar-refractivity contribution is -0.145. The first-order valence-electron chi connectivity index (χ1n) is 11.8. The molecular formula is C28H28FNO6. The molecule has 0 aliphatic heterocycles. The molecule has 0 heterocycles. The van der Waals surface area contributed by atoms with Crippen LogP contribution in [0.3, 0.4) is 0 Å². The minimum atomic E-state index is -1.92. The van der Waals surface area contributed by atoms with E-state index in [9.17, 15) is 14.7 Å². The van der Waals surface area contributed by atoms with E-state index in [1.165, 1.54) is 4.90 Å². The maximum absolute atomic E-state index is 15.6. The van der Waals surface area contributed by atoms with E-state index in [4.69, 9.17) is 14.2 Å². The summed E-state index contributed by atoms with van der Waals surface area (Å²) in [6.45, 7) is 1.11. The van der Waals surface area contributed by atoms with Crippen LogP contribution in [0.25, 0.3) is 0 Å². The fourth-order valence-corrected chi connectivity index (χ4v) is 4.23. The summed E-state index contributed by atoms with van der Waals surface area (Å²) in [5.74, 6) is -0.158. The van der Waals surface area contributed by atoms with Crippen LogP contribution in [0.4, 0.5) is 20.6 Å². The lowest BCUT2D eigenvalue weighted by Gasteiger charge is -2.37. The number of esters is 1. The Morgan fingerprint density at radius 1 is 0.972 bits per heavy atom. The average molecular weight is 494 g/mol. The zero-order valence-corrected chi connectivity index (χ0v) is 19.9. The Morgan fingerprint density at radius 2 is 1.61 bits per heavy atom. The van der Waals surface area contributed by atoms with E-state index in [0.717, 1.165) is 0 Å². The van der Waals surface area contributed by atoms with E-state index in [-0.39, 0.29) is 31.6 Å². The number of aliphatic hydroxyl groups is 1. The molecular weight excluding hydrogens is 465 g/mol. The van der Waals surface area contributed by atoms with Gasteiger partial charge in [0.05, 0.1) is 18.0 Å². The van der Waals surface area contributed by atoms with Crippen LogP contribution >= 0.6 is 0 Å². The van der Waals surface area contributed by atoms with E-state index in [0.29, 0.717) is 22.7 Å². The molecule has 188 valence electrons. The molecule has 36 heavy (non-hydrogen) atoms. The molecule has 8 heteroatoms. The highest BCUT2D eigenvalue weighted by Gasteiger charge is 2.45. The number of amides is 1. The lowest BCUT2D eigenvalue weighted by Crippen LogP contribution is -2.44. The van der Waals surface area contributed by atoms with E-state index in [1.807, 2.05) is 12.1 Å². The molecule has 1 N–H and O–H groups in total. The highest BCUT2D eigenvalue weighted by Crippen LogP contribution is 2.43. The molecule has 0 saturated carbocycles. The van der Waals surface area contributed by atoms with E-state index in [2.05, 4.69) is 0 Å². The van der Waals surface area contributed by atoms with E-state index < -0.39 is 30.4 Å². The van der Waals surface area contributed by atoms with Gasteiger partial charge in [-0.15, -0.1) is 0 Å². The second-order valence-corrected chi connectivity index (χ2v) is 8.44. The third-order valence-corrected chi connectivity index (χ3v) is 6.03. The molecule has 0 bridgehead atoms. The Labute approximate surface area is 209 Å². The summed E-state index contributed by atoms with van der Waals surface area (Å²) >= 11 is 0. The number of halogens is 1. The number of carbonyl (C=O) groups excluding carboxylic acids is 2. The maximum Gasteiger partial charge on any atom is 0.419 e. The van der Waals surface area contributed by atoms with Crippen molar-refractivity contribution in [3.8, 4) is 5.75 Å². The van der Waals surface area contributed by atoms with Gasteiger partial charge in [0.15, 0.2) is 12.8 Å². The number of fused-ring (bicyclic) bond motifs is 1. The van der Waals surface area contributed by atoms with Crippen LogP contribution in [0.2, 0.25) is 0 Å². The Morgan fingerprint density at radius 3 is 2.22 bits per heavy atom. The van der Waals surface area contributed by atoms with Crippen molar-refractivity contribution < 1.29 is 33.3 Å². The van der Waals surface area contributed by atoms with Gasteiger partial charge in [0.2, 0.25) is 0 Å². The van der Waals surface area contributed by atoms with Gasteiger partial charge in [0.25, 0.3) is 0 Å². The van der Waals surface area contributed by atoms with Crippen LogP contribution < -0.4 is 9.64 Å². The summed E-state index contributed by atoms with van der Waals surface area (Å²) < 4.78 is 31.5. The molecule has 2 atom stereocenters. The van der Waals surface area contributed by atoms with Crippen molar-refractivity contribution in [1.82, 2.24) is 0 Å². The van der Waals surface area contributed by atoms with Crippen LogP contribution in [-0.2, 0) is 20.7 Å². The Bertz CT molecular complexity index is 1150. The van der Waals surface area contributed by atoms with Crippen molar-refractivity contribution in [3.05, 3.63) is 90.0 Å². The van der Waals surface area contributed by atoms with Crippen LogP contribution in [0.1, 0.15) is 30.6 Å². The largest absolute Gasteiger partial charge is 0.482 e. The first kappa shape index (κ1) is 25.2. The molecule has 1 aliphatic carbocycles. The van der Waals surface area contributed by atoms with E-state index >= 15 is 4.39 Å². The zero-order chi connectivity index (χ0) is 25.5. The first-order valence-corrected chi connectivity index (χ1v) is 11.8. The molecule has 0 aromatic heterocycles. The van der Waals surface area contributed by atoms with Gasteiger partial charge in [-0.25, -0.2) is 18.9 Å². The minimum absolute atomic E-state index is 0.00486. The van der Waals surface area contributed by atoms with Gasteiger partial charge in [-0.3, -0.25) is 0 Å².